The van der Waals surface area contributed by atoms with Crippen LogP contribution in [0.2, 0.25) is 0 Å². The molecule has 0 fully saturated rings. The van der Waals surface area contributed by atoms with Gasteiger partial charge in [0.15, 0.2) is 0 Å². The van der Waals surface area contributed by atoms with Gasteiger partial charge in [-0.25, -0.2) is 9.59 Å². The maximum Gasteiger partial charge on any atom is 0.408 e. The van der Waals surface area contributed by atoms with Gasteiger partial charge < -0.3 is 29.8 Å². The van der Waals surface area contributed by atoms with E-state index in [0.29, 0.717) is 4.73 Å². The highest BCUT2D eigenvalue weighted by Gasteiger charge is 2.31. The lowest BCUT2D eigenvalue weighted by Crippen LogP contribution is -2.48. The summed E-state index contributed by atoms with van der Waals surface area (Å²) in [4.78, 5) is 41.2. The van der Waals surface area contributed by atoms with Gasteiger partial charge in [-0.15, -0.1) is 4.73 Å². The van der Waals surface area contributed by atoms with Gasteiger partial charge in [0, 0.05) is 12.1 Å². The number of ether oxygens (including phenoxy) is 2. The smallest absolute Gasteiger partial charge is 0.408 e. The number of esters is 1. The second-order valence-corrected chi connectivity index (χ2v) is 7.74. The molecule has 0 saturated heterocycles. The molecule has 1 aromatic heterocycles. The molecule has 0 radical (unpaired) electrons. The van der Waals surface area contributed by atoms with Crippen LogP contribution in [0.15, 0.2) is 12.1 Å². The van der Waals surface area contributed by atoms with Crippen LogP contribution in [0, 0.1) is 0 Å². The van der Waals surface area contributed by atoms with E-state index >= 15 is 0 Å². The van der Waals surface area contributed by atoms with Gasteiger partial charge in [-0.3, -0.25) is 4.79 Å². The molecule has 152 valence electrons. The third-order valence-corrected chi connectivity index (χ3v) is 2.75. The number of aromatic hydroxyl groups is 2. The van der Waals surface area contributed by atoms with Crippen LogP contribution in [0.4, 0.5) is 4.79 Å². The Kier molecular flexibility index (Phi) is 6.71. The topological polar surface area (TPSA) is 136 Å². The quantitative estimate of drug-likeness (QED) is 0.647. The van der Waals surface area contributed by atoms with E-state index in [4.69, 9.17) is 14.3 Å². The number of carbonyl (C=O) groups is 3. The molecule has 0 aliphatic carbocycles. The van der Waals surface area contributed by atoms with Gasteiger partial charge in [0.25, 0.3) is 0 Å². The van der Waals surface area contributed by atoms with Crippen molar-refractivity contribution in [2.45, 2.75) is 65.2 Å². The fourth-order valence-electron chi connectivity index (χ4n) is 1.84. The van der Waals surface area contributed by atoms with Crippen molar-refractivity contribution in [1.82, 2.24) is 10.0 Å². The molecule has 0 aliphatic rings. The van der Waals surface area contributed by atoms with E-state index in [2.05, 4.69) is 5.32 Å². The minimum absolute atomic E-state index is 0.446. The predicted molar refractivity (Wildman–Crippen MR) is 93.0 cm³/mol. The number of nitrogens with zero attached hydrogens (tertiary/aromatic N) is 1. The van der Waals surface area contributed by atoms with Crippen molar-refractivity contribution < 1.29 is 38.9 Å². The molecule has 27 heavy (non-hydrogen) atoms. The highest BCUT2D eigenvalue weighted by Crippen LogP contribution is 2.19. The summed E-state index contributed by atoms with van der Waals surface area (Å²) in [5.41, 5.74) is -1.63. The first-order chi connectivity index (χ1) is 12.2. The van der Waals surface area contributed by atoms with E-state index in [1.807, 2.05) is 0 Å². The summed E-state index contributed by atoms with van der Waals surface area (Å²) in [7, 11) is 0. The molecule has 1 aromatic rings. The highest BCUT2D eigenvalue weighted by molar-refractivity contribution is 5.86. The lowest BCUT2D eigenvalue weighted by Gasteiger charge is -2.24. The molecule has 0 aliphatic heterocycles. The van der Waals surface area contributed by atoms with Gasteiger partial charge in [-0.05, 0) is 41.5 Å². The minimum atomic E-state index is -1.48. The van der Waals surface area contributed by atoms with Crippen molar-refractivity contribution in [2.75, 3.05) is 0 Å². The zero-order chi connectivity index (χ0) is 21.0. The summed E-state index contributed by atoms with van der Waals surface area (Å²) in [6.45, 7) is 9.83. The zero-order valence-corrected chi connectivity index (χ0v) is 16.2. The van der Waals surface area contributed by atoms with Crippen LogP contribution in [-0.4, -0.2) is 50.2 Å². The lowest BCUT2D eigenvalue weighted by molar-refractivity contribution is -0.160. The van der Waals surface area contributed by atoms with Crippen molar-refractivity contribution >= 4 is 18.0 Å². The van der Waals surface area contributed by atoms with Gasteiger partial charge in [-0.1, -0.05) is 0 Å². The normalized spacial score (nSPS) is 12.8. The zero-order valence-electron chi connectivity index (χ0n) is 16.2. The van der Waals surface area contributed by atoms with Gasteiger partial charge in [0.05, 0.1) is 6.42 Å². The van der Waals surface area contributed by atoms with Crippen LogP contribution in [0.1, 0.15) is 48.0 Å². The van der Waals surface area contributed by atoms with E-state index in [-0.39, 0.29) is 0 Å². The average molecular weight is 386 g/mol. The second-order valence-electron chi connectivity index (χ2n) is 7.74. The maximum absolute atomic E-state index is 12.4. The molecular formula is C17H26N2O8. The molecule has 0 spiro atoms. The summed E-state index contributed by atoms with van der Waals surface area (Å²) in [6.07, 6.45) is -1.49. The van der Waals surface area contributed by atoms with Gasteiger partial charge in [0.2, 0.25) is 11.8 Å². The highest BCUT2D eigenvalue weighted by atomic mass is 16.7. The number of amides is 1. The van der Waals surface area contributed by atoms with Crippen molar-refractivity contribution in [2.24, 2.45) is 0 Å². The summed E-state index contributed by atoms with van der Waals surface area (Å²) in [5.74, 6) is -2.97. The number of nitrogens with one attached hydrogen (secondary N) is 1. The molecule has 1 amide bonds. The van der Waals surface area contributed by atoms with E-state index in [1.54, 1.807) is 41.5 Å². The Hall–Kier alpha value is -2.91. The lowest BCUT2D eigenvalue weighted by atomic mass is 10.1. The van der Waals surface area contributed by atoms with E-state index in [1.165, 1.54) is 0 Å². The van der Waals surface area contributed by atoms with Crippen LogP contribution in [0.25, 0.3) is 0 Å². The Bertz CT molecular complexity index is 647. The largest absolute Gasteiger partial charge is 0.492 e. The van der Waals surface area contributed by atoms with E-state index in [0.717, 1.165) is 12.1 Å². The van der Waals surface area contributed by atoms with Crippen molar-refractivity contribution in [3.8, 4) is 11.8 Å². The SMILES string of the molecule is CC(C)(C)OC(=O)CC(NC(=O)OC(C)(C)C)C(=O)On1c(O)ccc1O. The molecule has 0 aromatic carbocycles. The standard InChI is InChI=1S/C17H26N2O8/c1-16(2,3)25-13(22)9-10(18-15(24)26-17(4,5)6)14(23)27-19-11(20)7-8-12(19)21/h7-8,10,20-21H,9H2,1-6H3,(H,18,24). The Morgan fingerprint density at radius 3 is 1.93 bits per heavy atom. The summed E-state index contributed by atoms with van der Waals surface area (Å²) >= 11 is 0. The third-order valence-electron chi connectivity index (χ3n) is 2.75. The molecule has 1 unspecified atom stereocenters. The first kappa shape index (κ1) is 22.1. The molecule has 1 atom stereocenters. The summed E-state index contributed by atoms with van der Waals surface area (Å²) < 4.78 is 10.7. The number of carbonyl (C=O) groups excluding carboxylic acids is 3. The molecule has 3 N–H and O–H groups in total. The van der Waals surface area contributed by atoms with Crippen LogP contribution >= 0.6 is 0 Å². The number of rotatable bonds is 5. The maximum atomic E-state index is 12.4. The van der Waals surface area contributed by atoms with Crippen LogP contribution in [0.5, 0.6) is 11.8 Å². The number of hydrogen-bond acceptors (Lipinski definition) is 8. The molecule has 0 saturated carbocycles. The Morgan fingerprint density at radius 1 is 1.00 bits per heavy atom. The van der Waals surface area contributed by atoms with Gasteiger partial charge >= 0.3 is 18.0 Å². The molecule has 0 bridgehead atoms. The number of alkyl carbamates (subject to hydrolysis) is 1. The number of aromatic nitrogens is 1. The minimum Gasteiger partial charge on any atom is -0.492 e. The van der Waals surface area contributed by atoms with Crippen molar-refractivity contribution in [3.63, 3.8) is 0 Å². The Labute approximate surface area is 157 Å². The molecule has 1 heterocycles. The van der Waals surface area contributed by atoms with Crippen LogP contribution < -0.4 is 10.2 Å². The Balaban J connectivity index is 2.93. The Morgan fingerprint density at radius 2 is 1.48 bits per heavy atom. The fraction of sp³-hybridized carbons (Fsp3) is 0.588. The number of hydrogen-bond donors (Lipinski definition) is 3. The van der Waals surface area contributed by atoms with E-state index in [9.17, 15) is 24.6 Å². The second kappa shape index (κ2) is 8.19. The van der Waals surface area contributed by atoms with E-state index < -0.39 is 53.5 Å². The fourth-order valence-corrected chi connectivity index (χ4v) is 1.84. The summed E-state index contributed by atoms with van der Waals surface area (Å²) in [5, 5.41) is 21.3. The molecular weight excluding hydrogens is 360 g/mol. The van der Waals surface area contributed by atoms with Crippen LogP contribution in [0.3, 0.4) is 0 Å². The first-order valence-electron chi connectivity index (χ1n) is 8.21. The van der Waals surface area contributed by atoms with Gasteiger partial charge in [-0.2, -0.15) is 0 Å². The summed E-state index contributed by atoms with van der Waals surface area (Å²) in [6, 6.07) is 0.704. The van der Waals surface area contributed by atoms with Crippen LogP contribution in [-0.2, 0) is 19.1 Å². The third kappa shape index (κ3) is 7.89. The van der Waals surface area contributed by atoms with Crippen molar-refractivity contribution in [3.05, 3.63) is 12.1 Å². The van der Waals surface area contributed by atoms with Gasteiger partial charge in [0.1, 0.15) is 17.2 Å². The average Bonchev–Trinajstić information content (AvgIpc) is 2.74. The molecule has 10 heteroatoms. The monoisotopic (exact) mass is 386 g/mol. The predicted octanol–water partition coefficient (Wildman–Crippen LogP) is 1.48. The molecule has 10 nitrogen and oxygen atoms in total. The van der Waals surface area contributed by atoms with Crippen molar-refractivity contribution in [1.29, 1.82) is 0 Å². The molecule has 1 rings (SSSR count). The first-order valence-corrected chi connectivity index (χ1v) is 8.21.